The average Bonchev–Trinajstić information content (AvgIpc) is 2.93. The smallest absolute Gasteiger partial charge is 0.233 e. The number of hydrogen-bond donors (Lipinski definition) is 2. The van der Waals surface area contributed by atoms with Gasteiger partial charge in [0.1, 0.15) is 0 Å². The Morgan fingerprint density at radius 2 is 1.18 bits per heavy atom. The van der Waals surface area contributed by atoms with Crippen molar-refractivity contribution in [1.82, 2.24) is 4.90 Å². The molecule has 1 heterocycles. The van der Waals surface area contributed by atoms with E-state index in [1.54, 1.807) is 12.4 Å². The van der Waals surface area contributed by atoms with Gasteiger partial charge in [0, 0.05) is 19.5 Å². The SMILES string of the molecule is CN1C(=O)[C@@H](C/C=N\Nc2ccccc2)[C@@H](C/C=N\Nc2ccccc2)C1=O. The highest BCUT2D eigenvalue weighted by Crippen LogP contribution is 2.29. The Kier molecular flexibility index (Phi) is 6.51. The fraction of sp³-hybridized carbons (Fsp3) is 0.238. The molecule has 1 saturated heterocycles. The van der Waals surface area contributed by atoms with E-state index in [0.717, 1.165) is 11.4 Å². The number of hydrogen-bond acceptors (Lipinski definition) is 6. The van der Waals surface area contributed by atoms with E-state index in [4.69, 9.17) is 0 Å². The Morgan fingerprint density at radius 1 is 0.786 bits per heavy atom. The zero-order chi connectivity index (χ0) is 19.8. The first-order valence-electron chi connectivity index (χ1n) is 9.13. The molecule has 28 heavy (non-hydrogen) atoms. The molecule has 2 N–H and O–H groups in total. The molecule has 3 rings (SSSR count). The molecule has 0 aliphatic carbocycles. The topological polar surface area (TPSA) is 86.2 Å². The zero-order valence-corrected chi connectivity index (χ0v) is 15.7. The first-order chi connectivity index (χ1) is 13.7. The lowest BCUT2D eigenvalue weighted by Crippen LogP contribution is -2.26. The van der Waals surface area contributed by atoms with E-state index in [2.05, 4.69) is 21.1 Å². The Bertz CT molecular complexity index is 780. The number of likely N-dealkylation sites (tertiary alicyclic amines) is 1. The second-order valence-electron chi connectivity index (χ2n) is 6.50. The van der Waals surface area contributed by atoms with E-state index < -0.39 is 11.8 Å². The normalized spacial score (nSPS) is 19.7. The second kappa shape index (κ2) is 9.45. The summed E-state index contributed by atoms with van der Waals surface area (Å²) in [7, 11) is 1.52. The van der Waals surface area contributed by atoms with Gasteiger partial charge >= 0.3 is 0 Å². The minimum atomic E-state index is -0.429. The highest BCUT2D eigenvalue weighted by molar-refractivity contribution is 6.06. The lowest BCUT2D eigenvalue weighted by molar-refractivity contribution is -0.138. The van der Waals surface area contributed by atoms with Gasteiger partial charge in [-0.05, 0) is 37.1 Å². The quantitative estimate of drug-likeness (QED) is 0.420. The van der Waals surface area contributed by atoms with Crippen molar-refractivity contribution in [3.63, 3.8) is 0 Å². The summed E-state index contributed by atoms with van der Waals surface area (Å²) in [5.41, 5.74) is 7.55. The molecule has 7 nitrogen and oxygen atoms in total. The predicted molar refractivity (Wildman–Crippen MR) is 111 cm³/mol. The van der Waals surface area contributed by atoms with E-state index >= 15 is 0 Å². The molecule has 1 fully saturated rings. The molecule has 2 atom stereocenters. The number of imide groups is 1. The molecule has 0 aromatic heterocycles. The summed E-state index contributed by atoms with van der Waals surface area (Å²) < 4.78 is 0. The lowest BCUT2D eigenvalue weighted by atomic mass is 9.90. The average molecular weight is 377 g/mol. The third kappa shape index (κ3) is 4.82. The van der Waals surface area contributed by atoms with Gasteiger partial charge in [-0.15, -0.1) is 0 Å². The number of rotatable bonds is 8. The second-order valence-corrected chi connectivity index (χ2v) is 6.50. The number of benzene rings is 2. The number of anilines is 2. The van der Waals surface area contributed by atoms with Crippen molar-refractivity contribution in [2.45, 2.75) is 12.8 Å². The maximum absolute atomic E-state index is 12.4. The van der Waals surface area contributed by atoms with Gasteiger partial charge in [0.2, 0.25) is 11.8 Å². The van der Waals surface area contributed by atoms with Crippen LogP contribution < -0.4 is 10.9 Å². The third-order valence-electron chi connectivity index (χ3n) is 4.62. The van der Waals surface area contributed by atoms with Crippen molar-refractivity contribution in [1.29, 1.82) is 0 Å². The Hall–Kier alpha value is -3.48. The maximum Gasteiger partial charge on any atom is 0.233 e. The van der Waals surface area contributed by atoms with Crippen LogP contribution >= 0.6 is 0 Å². The van der Waals surface area contributed by atoms with Gasteiger partial charge in [0.25, 0.3) is 0 Å². The Labute approximate surface area is 164 Å². The summed E-state index contributed by atoms with van der Waals surface area (Å²) in [6, 6.07) is 19.1. The summed E-state index contributed by atoms with van der Waals surface area (Å²) in [6.07, 6.45) is 4.07. The van der Waals surface area contributed by atoms with Gasteiger partial charge in [0.15, 0.2) is 0 Å². The number of carbonyl (C=O) groups excluding carboxylic acids is 2. The fourth-order valence-electron chi connectivity index (χ4n) is 3.08. The van der Waals surface area contributed by atoms with Gasteiger partial charge in [-0.1, -0.05) is 36.4 Å². The van der Waals surface area contributed by atoms with E-state index in [1.807, 2.05) is 60.7 Å². The molecule has 0 bridgehead atoms. The fourth-order valence-corrected chi connectivity index (χ4v) is 3.08. The molecule has 0 spiro atoms. The Morgan fingerprint density at radius 3 is 1.57 bits per heavy atom. The van der Waals surface area contributed by atoms with Crippen molar-refractivity contribution in [2.75, 3.05) is 17.9 Å². The van der Waals surface area contributed by atoms with Crippen molar-refractivity contribution in [2.24, 2.45) is 22.0 Å². The van der Waals surface area contributed by atoms with E-state index in [1.165, 1.54) is 11.9 Å². The van der Waals surface area contributed by atoms with Crippen LogP contribution in [0, 0.1) is 11.8 Å². The molecule has 2 aromatic rings. The van der Waals surface area contributed by atoms with Crippen LogP contribution in [0.15, 0.2) is 70.9 Å². The number of nitrogens with zero attached hydrogens (tertiary/aromatic N) is 3. The molecule has 7 heteroatoms. The van der Waals surface area contributed by atoms with Crippen molar-refractivity contribution in [3.05, 3.63) is 60.7 Å². The van der Waals surface area contributed by atoms with E-state index in [9.17, 15) is 9.59 Å². The van der Waals surface area contributed by atoms with Gasteiger partial charge in [-0.3, -0.25) is 25.3 Å². The van der Waals surface area contributed by atoms with Gasteiger partial charge in [-0.25, -0.2) is 0 Å². The maximum atomic E-state index is 12.4. The van der Waals surface area contributed by atoms with Gasteiger partial charge in [-0.2, -0.15) is 10.2 Å². The molecule has 2 aromatic carbocycles. The van der Waals surface area contributed by atoms with E-state index in [-0.39, 0.29) is 11.8 Å². The molecule has 2 amide bonds. The summed E-state index contributed by atoms with van der Waals surface area (Å²) >= 11 is 0. The van der Waals surface area contributed by atoms with Crippen LogP contribution in [-0.2, 0) is 9.59 Å². The van der Waals surface area contributed by atoms with Gasteiger partial charge < -0.3 is 0 Å². The van der Waals surface area contributed by atoms with Crippen LogP contribution in [0.3, 0.4) is 0 Å². The molecule has 0 radical (unpaired) electrons. The summed E-state index contributed by atoms with van der Waals surface area (Å²) in [6.45, 7) is 0. The van der Waals surface area contributed by atoms with Crippen LogP contribution in [0.1, 0.15) is 12.8 Å². The summed E-state index contributed by atoms with van der Waals surface area (Å²) in [4.78, 5) is 26.0. The van der Waals surface area contributed by atoms with Crippen molar-refractivity contribution in [3.8, 4) is 0 Å². The molecule has 1 aliphatic rings. The minimum absolute atomic E-state index is 0.175. The molecule has 144 valence electrons. The lowest BCUT2D eigenvalue weighted by Gasteiger charge is -2.10. The number of para-hydroxylation sites is 2. The molecular weight excluding hydrogens is 354 g/mol. The summed E-state index contributed by atoms with van der Waals surface area (Å²) in [5, 5.41) is 8.31. The summed E-state index contributed by atoms with van der Waals surface area (Å²) in [5.74, 6) is -1.21. The van der Waals surface area contributed by atoms with Crippen LogP contribution in [-0.4, -0.2) is 36.2 Å². The number of carbonyl (C=O) groups is 2. The van der Waals surface area contributed by atoms with Crippen LogP contribution in [0.4, 0.5) is 11.4 Å². The first-order valence-corrected chi connectivity index (χ1v) is 9.13. The molecular formula is C21H23N5O2. The monoisotopic (exact) mass is 377 g/mol. The van der Waals surface area contributed by atoms with Crippen molar-refractivity contribution < 1.29 is 9.59 Å². The first kappa shape index (κ1) is 19.3. The standard InChI is InChI=1S/C21H23N5O2/c1-26-20(27)18(12-14-22-24-16-8-4-2-5-9-16)19(21(26)28)13-15-23-25-17-10-6-3-7-11-17/h2-11,14-15,18-19,24-25H,12-13H2,1H3/b22-14-,23-15-/t18-,19+. The number of nitrogens with one attached hydrogen (secondary N) is 2. The highest BCUT2D eigenvalue weighted by atomic mass is 16.2. The number of amides is 2. The third-order valence-corrected chi connectivity index (χ3v) is 4.62. The zero-order valence-electron chi connectivity index (χ0n) is 15.7. The molecule has 0 saturated carbocycles. The van der Waals surface area contributed by atoms with Crippen molar-refractivity contribution >= 4 is 35.6 Å². The Balaban J connectivity index is 1.56. The van der Waals surface area contributed by atoms with Crippen LogP contribution in [0.5, 0.6) is 0 Å². The molecule has 0 unspecified atom stereocenters. The van der Waals surface area contributed by atoms with E-state index in [0.29, 0.717) is 12.8 Å². The van der Waals surface area contributed by atoms with Crippen LogP contribution in [0.2, 0.25) is 0 Å². The molecule has 1 aliphatic heterocycles. The largest absolute Gasteiger partial charge is 0.285 e. The number of hydrazone groups is 2. The van der Waals surface area contributed by atoms with Gasteiger partial charge in [0.05, 0.1) is 23.2 Å². The minimum Gasteiger partial charge on any atom is -0.285 e. The van der Waals surface area contributed by atoms with Crippen LogP contribution in [0.25, 0.3) is 0 Å². The predicted octanol–water partition coefficient (Wildman–Crippen LogP) is 3.19. The highest BCUT2D eigenvalue weighted by Gasteiger charge is 2.44.